The molecule has 5 aromatic rings. The van der Waals surface area contributed by atoms with Crippen molar-refractivity contribution in [1.29, 1.82) is 0 Å². The number of aromatic amines is 1. The summed E-state index contributed by atoms with van der Waals surface area (Å²) in [6.45, 7) is 0. The van der Waals surface area contributed by atoms with Gasteiger partial charge in [-0.05, 0) is 12.1 Å². The van der Waals surface area contributed by atoms with E-state index in [9.17, 15) is 20.2 Å². The first-order chi connectivity index (χ1) is 22.4. The Balaban J connectivity index is 1.39. The van der Waals surface area contributed by atoms with Crippen LogP contribution in [0.5, 0.6) is 0 Å². The second-order valence-electron chi connectivity index (χ2n) is 10.7. The van der Waals surface area contributed by atoms with Gasteiger partial charge >= 0.3 is 0 Å². The van der Waals surface area contributed by atoms with Gasteiger partial charge in [-0.15, -0.1) is 0 Å². The van der Waals surface area contributed by atoms with Crippen LogP contribution in [-0.2, 0) is 0 Å². The van der Waals surface area contributed by atoms with Crippen molar-refractivity contribution in [1.82, 2.24) is 4.98 Å². The number of hydrogen-bond acceptors (Lipinski definition) is 11. The molecule has 1 aromatic heterocycles. The molecule has 14 nitrogen and oxygen atoms in total. The van der Waals surface area contributed by atoms with E-state index < -0.39 is 16.0 Å². The average Bonchev–Trinajstić information content (AvgIpc) is 3.79. The number of H-pyrrole nitrogens is 1. The highest BCUT2D eigenvalue weighted by Gasteiger charge is 2.31. The number of benzene rings is 4. The number of nitrogens with zero attached hydrogens (tertiary/aromatic N) is 9. The molecule has 1 atom stereocenters. The molecule has 0 fully saturated rings. The number of fused-ring (bicyclic) bond motifs is 17. The molecule has 9 rings (SSSR count). The van der Waals surface area contributed by atoms with Gasteiger partial charge in [-0.1, -0.05) is 48.5 Å². The van der Waals surface area contributed by atoms with Crippen LogP contribution >= 0.6 is 0 Å². The van der Waals surface area contributed by atoms with E-state index in [0.717, 1.165) is 22.3 Å². The minimum Gasteiger partial charge on any atom is -0.324 e. The first-order valence-electron chi connectivity index (χ1n) is 14.0. The van der Waals surface area contributed by atoms with Crippen LogP contribution in [0.25, 0.3) is 10.8 Å². The summed E-state index contributed by atoms with van der Waals surface area (Å²) in [6.07, 6.45) is -0.687. The number of aromatic nitrogens is 1. The number of nitro benzene ring substituents is 2. The van der Waals surface area contributed by atoms with Gasteiger partial charge in [-0.3, -0.25) is 20.2 Å². The summed E-state index contributed by atoms with van der Waals surface area (Å²) in [5.41, 5.74) is 4.39. The SMILES string of the molecule is O=[N+]([O-])c1ccc2c(c1)C1=NC2=NC2N=C(N=C3N=C(N=c4[nH]c(c5ccc([N+](=O)[O-])cc45)=N1)c1ccccc13)c1ccccc12. The van der Waals surface area contributed by atoms with Gasteiger partial charge < -0.3 is 4.98 Å². The number of non-ortho nitro benzene ring substituents is 2. The Morgan fingerprint density at radius 2 is 1.04 bits per heavy atom. The second kappa shape index (κ2) is 9.33. The highest BCUT2D eigenvalue weighted by molar-refractivity contribution is 6.26. The fourth-order valence-corrected chi connectivity index (χ4v) is 5.96. The predicted molar refractivity (Wildman–Crippen MR) is 169 cm³/mol. The van der Waals surface area contributed by atoms with Crippen molar-refractivity contribution in [3.05, 3.63) is 150 Å². The Kier molecular flexibility index (Phi) is 5.20. The molecule has 5 heterocycles. The number of nitro groups is 2. The maximum Gasteiger partial charge on any atom is 0.270 e. The van der Waals surface area contributed by atoms with Gasteiger partial charge in [0.25, 0.3) is 11.4 Å². The topological polar surface area (TPSA) is 189 Å². The van der Waals surface area contributed by atoms with Crippen LogP contribution in [0.15, 0.2) is 120 Å². The zero-order chi connectivity index (χ0) is 31.1. The van der Waals surface area contributed by atoms with Crippen molar-refractivity contribution < 1.29 is 9.85 Å². The van der Waals surface area contributed by atoms with Crippen molar-refractivity contribution >= 4 is 51.3 Å². The summed E-state index contributed by atoms with van der Waals surface area (Å²) < 4.78 is 0. The third kappa shape index (κ3) is 3.80. The third-order valence-electron chi connectivity index (χ3n) is 8.11. The fourth-order valence-electron chi connectivity index (χ4n) is 5.96. The fraction of sp³-hybridized carbons (Fsp3) is 0.0312. The van der Waals surface area contributed by atoms with E-state index in [-0.39, 0.29) is 22.7 Å². The van der Waals surface area contributed by atoms with E-state index in [4.69, 9.17) is 34.9 Å². The minimum absolute atomic E-state index is 0.127. The molecule has 0 saturated carbocycles. The lowest BCUT2D eigenvalue weighted by molar-refractivity contribution is -0.385. The van der Waals surface area contributed by atoms with Gasteiger partial charge in [0.05, 0.1) is 9.85 Å². The van der Waals surface area contributed by atoms with Gasteiger partial charge in [0.2, 0.25) is 0 Å². The maximum atomic E-state index is 11.7. The molecule has 4 aromatic carbocycles. The van der Waals surface area contributed by atoms with Gasteiger partial charge in [-0.2, -0.15) is 0 Å². The lowest BCUT2D eigenvalue weighted by atomic mass is 10.1. The largest absolute Gasteiger partial charge is 0.324 e. The molecule has 14 heteroatoms. The molecule has 0 radical (unpaired) electrons. The molecule has 218 valence electrons. The number of rotatable bonds is 2. The van der Waals surface area contributed by atoms with Gasteiger partial charge in [0.15, 0.2) is 35.3 Å². The Labute approximate surface area is 256 Å². The number of amidine groups is 5. The van der Waals surface area contributed by atoms with Crippen molar-refractivity contribution in [2.75, 3.05) is 0 Å². The van der Waals surface area contributed by atoms with Crippen molar-refractivity contribution in [2.24, 2.45) is 34.9 Å². The molecular weight excluding hydrogens is 588 g/mol. The first kappa shape index (κ1) is 25.6. The van der Waals surface area contributed by atoms with Crippen LogP contribution < -0.4 is 11.0 Å². The summed E-state index contributed by atoms with van der Waals surface area (Å²) in [5.74, 6) is 1.68. The summed E-state index contributed by atoms with van der Waals surface area (Å²) in [7, 11) is 0. The number of aliphatic imine (C=N–C) groups is 5. The predicted octanol–water partition coefficient (Wildman–Crippen LogP) is 4.11. The minimum atomic E-state index is -0.687. The zero-order valence-corrected chi connectivity index (χ0v) is 23.3. The molecule has 46 heavy (non-hydrogen) atoms. The number of hydrogen-bond donors (Lipinski definition) is 1. The molecule has 0 amide bonds. The second-order valence-corrected chi connectivity index (χ2v) is 10.7. The lowest BCUT2D eigenvalue weighted by Crippen LogP contribution is -2.15. The van der Waals surface area contributed by atoms with Crippen LogP contribution in [-0.4, -0.2) is 44.0 Å². The quantitative estimate of drug-likeness (QED) is 0.235. The van der Waals surface area contributed by atoms with E-state index in [1.165, 1.54) is 24.3 Å². The van der Waals surface area contributed by atoms with E-state index in [2.05, 4.69) is 4.98 Å². The Bertz CT molecular complexity index is 2560. The highest BCUT2D eigenvalue weighted by atomic mass is 16.6. The number of nitrogens with one attached hydrogen (secondary N) is 1. The van der Waals surface area contributed by atoms with E-state index >= 15 is 0 Å². The summed E-state index contributed by atoms with van der Waals surface area (Å²) in [5, 5.41) is 24.4. The van der Waals surface area contributed by atoms with E-state index in [1.54, 1.807) is 12.1 Å². The van der Waals surface area contributed by atoms with Gasteiger partial charge in [0.1, 0.15) is 11.0 Å². The van der Waals surface area contributed by atoms with Crippen LogP contribution in [0, 0.1) is 20.2 Å². The third-order valence-corrected chi connectivity index (χ3v) is 8.11. The van der Waals surface area contributed by atoms with Crippen LogP contribution in [0.3, 0.4) is 0 Å². The van der Waals surface area contributed by atoms with Crippen LogP contribution in [0.4, 0.5) is 11.4 Å². The Morgan fingerprint density at radius 3 is 1.76 bits per heavy atom. The standard InChI is InChI=1S/C32H16N10O4/c43-41(44)15-9-11-21-23(13-15)32-38-29(21)36-27-18-6-2-1-5-17(18)25(34-27)33-26-19-7-3-4-8-20(19)28(35-26)37-31-24-14-16(42(45)46)10-12-22(24)30(39-31)40-32/h1-14,27H,(H,33,34,35,36,37,38,39,40). The first-order valence-corrected chi connectivity index (χ1v) is 14.0. The molecule has 4 aliphatic heterocycles. The van der Waals surface area contributed by atoms with Crippen molar-refractivity contribution in [2.45, 2.75) is 6.17 Å². The van der Waals surface area contributed by atoms with E-state index in [1.807, 2.05) is 48.5 Å². The smallest absolute Gasteiger partial charge is 0.270 e. The lowest BCUT2D eigenvalue weighted by Gasteiger charge is -2.05. The van der Waals surface area contributed by atoms with Crippen LogP contribution in [0.2, 0.25) is 0 Å². The van der Waals surface area contributed by atoms with Crippen LogP contribution in [0.1, 0.15) is 39.5 Å². The summed E-state index contributed by atoms with van der Waals surface area (Å²) in [4.78, 5) is 59.4. The average molecular weight is 605 g/mol. The monoisotopic (exact) mass is 604 g/mol. The molecule has 0 spiro atoms. The van der Waals surface area contributed by atoms with Gasteiger partial charge in [-0.25, -0.2) is 34.9 Å². The maximum absolute atomic E-state index is 11.7. The molecule has 1 N–H and O–H groups in total. The summed E-state index contributed by atoms with van der Waals surface area (Å²) >= 11 is 0. The van der Waals surface area contributed by atoms with Crippen molar-refractivity contribution in [3.8, 4) is 0 Å². The molecular formula is C32H16N10O4. The molecule has 0 aliphatic carbocycles. The van der Waals surface area contributed by atoms with Gasteiger partial charge in [0, 0.05) is 68.4 Å². The molecule has 1 unspecified atom stereocenters. The zero-order valence-electron chi connectivity index (χ0n) is 23.3. The normalized spacial score (nSPS) is 17.0. The highest BCUT2D eigenvalue weighted by Crippen LogP contribution is 2.34. The van der Waals surface area contributed by atoms with Crippen molar-refractivity contribution in [3.63, 3.8) is 0 Å². The molecule has 4 aliphatic rings. The molecule has 0 saturated heterocycles. The van der Waals surface area contributed by atoms with E-state index in [0.29, 0.717) is 50.7 Å². The Morgan fingerprint density at radius 1 is 0.522 bits per heavy atom. The molecule has 8 bridgehead atoms. The Hall–Kier alpha value is -6.83. The summed E-state index contributed by atoms with van der Waals surface area (Å²) in [6, 6.07) is 23.9.